The zero-order valence-corrected chi connectivity index (χ0v) is 9.31. The van der Waals surface area contributed by atoms with Crippen LogP contribution >= 0.6 is 0 Å². The predicted molar refractivity (Wildman–Crippen MR) is 54.0 cm³/mol. The Balaban J connectivity index is 2.33. The van der Waals surface area contributed by atoms with Crippen LogP contribution in [0, 0.1) is 5.92 Å². The Kier molecular flexibility index (Phi) is 4.44. The van der Waals surface area contributed by atoms with Crippen molar-refractivity contribution in [3.8, 4) is 0 Å². The van der Waals surface area contributed by atoms with Gasteiger partial charge in [0.25, 0.3) is 0 Å². The molecule has 3 nitrogen and oxygen atoms in total. The standard InChI is InChI=1S/C10H17F3N2O/c1-2-5-15(6-8-3-4-8)9(16)14-7-10(11,12)13/h8H,2-7H2,1H3,(H,14,16). The predicted octanol–water partition coefficient (Wildman–Crippen LogP) is 2.38. The molecule has 6 heteroatoms. The highest BCUT2D eigenvalue weighted by atomic mass is 19.4. The van der Waals surface area contributed by atoms with Gasteiger partial charge in [-0.25, -0.2) is 4.79 Å². The van der Waals surface area contributed by atoms with Crippen LogP contribution in [-0.2, 0) is 0 Å². The van der Waals surface area contributed by atoms with Gasteiger partial charge in [-0.2, -0.15) is 13.2 Å². The van der Waals surface area contributed by atoms with Crippen molar-refractivity contribution < 1.29 is 18.0 Å². The lowest BCUT2D eigenvalue weighted by atomic mass is 10.3. The van der Waals surface area contributed by atoms with Crippen LogP contribution in [0.25, 0.3) is 0 Å². The summed E-state index contributed by atoms with van der Waals surface area (Å²) in [6.07, 6.45) is -1.43. The van der Waals surface area contributed by atoms with Crippen molar-refractivity contribution in [3.05, 3.63) is 0 Å². The molecule has 1 fully saturated rings. The average molecular weight is 238 g/mol. The molecule has 0 spiro atoms. The number of urea groups is 1. The molecular formula is C10H17F3N2O. The van der Waals surface area contributed by atoms with Crippen molar-refractivity contribution in [2.75, 3.05) is 19.6 Å². The van der Waals surface area contributed by atoms with Crippen molar-refractivity contribution in [1.29, 1.82) is 0 Å². The summed E-state index contributed by atoms with van der Waals surface area (Å²) < 4.78 is 35.7. The first-order valence-electron chi connectivity index (χ1n) is 5.52. The first kappa shape index (κ1) is 13.1. The van der Waals surface area contributed by atoms with Crippen LogP contribution in [0.4, 0.5) is 18.0 Å². The lowest BCUT2D eigenvalue weighted by Gasteiger charge is -2.22. The summed E-state index contributed by atoms with van der Waals surface area (Å²) in [5, 5.41) is 1.90. The molecule has 0 aliphatic heterocycles. The number of rotatable bonds is 5. The third-order valence-corrected chi connectivity index (χ3v) is 2.40. The molecule has 0 aromatic rings. The first-order chi connectivity index (χ1) is 7.42. The molecule has 0 heterocycles. The van der Waals surface area contributed by atoms with E-state index in [-0.39, 0.29) is 0 Å². The van der Waals surface area contributed by atoms with Crippen LogP contribution in [-0.4, -0.2) is 36.7 Å². The molecule has 0 bridgehead atoms. The SMILES string of the molecule is CCCN(CC1CC1)C(=O)NCC(F)(F)F. The quantitative estimate of drug-likeness (QED) is 0.783. The fourth-order valence-corrected chi connectivity index (χ4v) is 1.45. The zero-order chi connectivity index (χ0) is 12.2. The smallest absolute Gasteiger partial charge is 0.329 e. The Morgan fingerprint density at radius 1 is 1.44 bits per heavy atom. The molecule has 1 aliphatic carbocycles. The highest BCUT2D eigenvalue weighted by molar-refractivity contribution is 5.74. The average Bonchev–Trinajstić information content (AvgIpc) is 2.96. The maximum Gasteiger partial charge on any atom is 0.405 e. The van der Waals surface area contributed by atoms with Crippen LogP contribution < -0.4 is 5.32 Å². The molecule has 94 valence electrons. The summed E-state index contributed by atoms with van der Waals surface area (Å²) in [7, 11) is 0. The summed E-state index contributed by atoms with van der Waals surface area (Å²) >= 11 is 0. The lowest BCUT2D eigenvalue weighted by Crippen LogP contribution is -2.44. The van der Waals surface area contributed by atoms with Gasteiger partial charge in [0.15, 0.2) is 0 Å². The van der Waals surface area contributed by atoms with E-state index in [9.17, 15) is 18.0 Å². The van der Waals surface area contributed by atoms with Gasteiger partial charge in [-0.1, -0.05) is 6.92 Å². The molecule has 16 heavy (non-hydrogen) atoms. The molecule has 0 saturated heterocycles. The van der Waals surface area contributed by atoms with Crippen LogP contribution in [0.5, 0.6) is 0 Å². The van der Waals surface area contributed by atoms with E-state index in [1.54, 1.807) is 0 Å². The lowest BCUT2D eigenvalue weighted by molar-refractivity contribution is -0.123. The molecule has 2 amide bonds. The van der Waals surface area contributed by atoms with Gasteiger partial charge in [0.1, 0.15) is 6.54 Å². The highest BCUT2D eigenvalue weighted by Crippen LogP contribution is 2.29. The van der Waals surface area contributed by atoms with Gasteiger partial charge in [-0.05, 0) is 25.2 Å². The van der Waals surface area contributed by atoms with Crippen molar-refractivity contribution in [3.63, 3.8) is 0 Å². The number of carbonyl (C=O) groups excluding carboxylic acids is 1. The number of hydrogen-bond acceptors (Lipinski definition) is 1. The topological polar surface area (TPSA) is 32.3 Å². The van der Waals surface area contributed by atoms with Crippen LogP contribution in [0.3, 0.4) is 0 Å². The molecule has 1 rings (SSSR count). The molecule has 0 aromatic heterocycles. The molecule has 0 radical (unpaired) electrons. The minimum absolute atomic E-state index is 0.489. The van der Waals surface area contributed by atoms with Crippen molar-refractivity contribution in [2.24, 2.45) is 5.92 Å². The first-order valence-corrected chi connectivity index (χ1v) is 5.52. The molecule has 0 unspecified atom stereocenters. The largest absolute Gasteiger partial charge is 0.405 e. The molecule has 0 aromatic carbocycles. The monoisotopic (exact) mass is 238 g/mol. The molecule has 1 aliphatic rings. The van der Waals surface area contributed by atoms with Crippen LogP contribution in [0.2, 0.25) is 0 Å². The third kappa shape index (κ3) is 5.23. The van der Waals surface area contributed by atoms with Gasteiger partial charge < -0.3 is 10.2 Å². The Hall–Kier alpha value is -0.940. The fourth-order valence-electron chi connectivity index (χ4n) is 1.45. The Bertz CT molecular complexity index is 239. The number of alkyl halides is 3. The van der Waals surface area contributed by atoms with Gasteiger partial charge in [0, 0.05) is 13.1 Å². The normalized spacial score (nSPS) is 16.0. The number of hydrogen-bond donors (Lipinski definition) is 1. The molecule has 1 N–H and O–H groups in total. The van der Waals surface area contributed by atoms with Gasteiger partial charge >= 0.3 is 12.2 Å². The van der Waals surface area contributed by atoms with E-state index >= 15 is 0 Å². The fraction of sp³-hybridized carbons (Fsp3) is 0.900. The van der Waals surface area contributed by atoms with Crippen molar-refractivity contribution in [2.45, 2.75) is 32.4 Å². The summed E-state index contributed by atoms with van der Waals surface area (Å²) in [6, 6.07) is -0.605. The second kappa shape index (κ2) is 5.41. The van der Waals surface area contributed by atoms with Gasteiger partial charge in [0.2, 0.25) is 0 Å². The number of nitrogens with one attached hydrogen (secondary N) is 1. The Morgan fingerprint density at radius 2 is 2.06 bits per heavy atom. The van der Waals surface area contributed by atoms with E-state index in [0.717, 1.165) is 19.3 Å². The summed E-state index contributed by atoms with van der Waals surface area (Å²) in [6.45, 7) is 1.74. The van der Waals surface area contributed by atoms with E-state index in [2.05, 4.69) is 0 Å². The zero-order valence-electron chi connectivity index (χ0n) is 9.31. The Morgan fingerprint density at radius 3 is 2.50 bits per heavy atom. The highest BCUT2D eigenvalue weighted by Gasteiger charge is 2.30. The number of carbonyl (C=O) groups is 1. The summed E-state index contributed by atoms with van der Waals surface area (Å²) in [5.41, 5.74) is 0. The maximum absolute atomic E-state index is 11.9. The van der Waals surface area contributed by atoms with E-state index in [1.165, 1.54) is 4.90 Å². The Labute approximate surface area is 93.0 Å². The number of nitrogens with zero attached hydrogens (tertiary/aromatic N) is 1. The molecule has 0 atom stereocenters. The van der Waals surface area contributed by atoms with E-state index in [0.29, 0.717) is 19.0 Å². The van der Waals surface area contributed by atoms with E-state index in [1.807, 2.05) is 12.2 Å². The number of amides is 2. The number of halogens is 3. The summed E-state index contributed by atoms with van der Waals surface area (Å²) in [5.74, 6) is 0.489. The van der Waals surface area contributed by atoms with E-state index in [4.69, 9.17) is 0 Å². The minimum Gasteiger partial charge on any atom is -0.329 e. The van der Waals surface area contributed by atoms with Crippen LogP contribution in [0.15, 0.2) is 0 Å². The van der Waals surface area contributed by atoms with Gasteiger partial charge in [-0.3, -0.25) is 0 Å². The van der Waals surface area contributed by atoms with Crippen molar-refractivity contribution in [1.82, 2.24) is 10.2 Å². The maximum atomic E-state index is 11.9. The molecule has 1 saturated carbocycles. The molecular weight excluding hydrogens is 221 g/mol. The minimum atomic E-state index is -4.34. The van der Waals surface area contributed by atoms with Gasteiger partial charge in [0.05, 0.1) is 0 Å². The summed E-state index contributed by atoms with van der Waals surface area (Å²) in [4.78, 5) is 12.9. The second-order valence-electron chi connectivity index (χ2n) is 4.16. The van der Waals surface area contributed by atoms with E-state index < -0.39 is 18.8 Å². The third-order valence-electron chi connectivity index (χ3n) is 2.40. The van der Waals surface area contributed by atoms with Crippen molar-refractivity contribution >= 4 is 6.03 Å². The second-order valence-corrected chi connectivity index (χ2v) is 4.16. The van der Waals surface area contributed by atoms with Gasteiger partial charge in [-0.15, -0.1) is 0 Å². The van der Waals surface area contributed by atoms with Crippen LogP contribution in [0.1, 0.15) is 26.2 Å².